The van der Waals surface area contributed by atoms with Crippen LogP contribution in [0.25, 0.3) is 33.7 Å². The molecule has 2 heterocycles. The monoisotopic (exact) mass is 488 g/mol. The molecule has 0 bridgehead atoms. The summed E-state index contributed by atoms with van der Waals surface area (Å²) in [6, 6.07) is 27.5. The number of hydrogen-bond acceptors (Lipinski definition) is 6. The Balaban J connectivity index is 1.35. The third-order valence-electron chi connectivity index (χ3n) is 6.90. The van der Waals surface area contributed by atoms with Crippen LogP contribution in [0.3, 0.4) is 0 Å². The molecule has 5 aromatic rings. The second-order valence-electron chi connectivity index (χ2n) is 9.24. The first-order chi connectivity index (χ1) is 18.0. The Kier molecular flexibility index (Phi) is 5.53. The van der Waals surface area contributed by atoms with Crippen LogP contribution < -0.4 is 5.32 Å². The summed E-state index contributed by atoms with van der Waals surface area (Å²) in [6.07, 6.45) is 3.08. The van der Waals surface area contributed by atoms with Crippen molar-refractivity contribution in [3.05, 3.63) is 102 Å². The molecule has 7 nitrogen and oxygen atoms in total. The van der Waals surface area contributed by atoms with Crippen molar-refractivity contribution in [2.45, 2.75) is 25.2 Å². The Labute approximate surface area is 213 Å². The van der Waals surface area contributed by atoms with E-state index in [1.165, 1.54) is 0 Å². The van der Waals surface area contributed by atoms with Gasteiger partial charge >= 0.3 is 5.97 Å². The quantitative estimate of drug-likeness (QED) is 0.265. The smallest absolute Gasteiger partial charge is 0.314 e. The topological polar surface area (TPSA) is 101 Å². The summed E-state index contributed by atoms with van der Waals surface area (Å²) in [5.41, 5.74) is 6.07. The maximum Gasteiger partial charge on any atom is 0.314 e. The van der Waals surface area contributed by atoms with Crippen molar-refractivity contribution in [2.75, 3.05) is 5.32 Å². The first-order valence-electron chi connectivity index (χ1n) is 12.1. The van der Waals surface area contributed by atoms with Crippen molar-refractivity contribution in [3.63, 3.8) is 0 Å². The van der Waals surface area contributed by atoms with Crippen molar-refractivity contribution >= 4 is 17.6 Å². The van der Waals surface area contributed by atoms with Crippen LogP contribution in [-0.2, 0) is 10.2 Å². The number of nitrogens with one attached hydrogen (secondary N) is 1. The molecule has 0 spiro atoms. The molecule has 37 heavy (non-hydrogen) atoms. The molecular formula is C30H24N4O3. The van der Waals surface area contributed by atoms with Gasteiger partial charge in [0, 0.05) is 17.3 Å². The van der Waals surface area contributed by atoms with Gasteiger partial charge in [0.15, 0.2) is 5.76 Å². The standard InChI is InChI=1S/C30H24N4O3/c1-19-26(33-29-31-18-15-25(32-29)21-7-3-2-4-8-21)27(37-34-19)24-10-6-5-9-23(24)20-11-13-22(14-12-20)30(16-17-30)28(35)36/h2-15,18H,16-17H2,1H3,(H,35,36)(H,31,32,33). The van der Waals surface area contributed by atoms with Crippen molar-refractivity contribution in [3.8, 4) is 33.7 Å². The predicted molar refractivity (Wildman–Crippen MR) is 141 cm³/mol. The summed E-state index contributed by atoms with van der Waals surface area (Å²) in [5, 5.41) is 17.2. The molecule has 0 amide bonds. The van der Waals surface area contributed by atoms with Gasteiger partial charge in [-0.25, -0.2) is 9.97 Å². The number of aromatic nitrogens is 3. The molecule has 6 rings (SSSR count). The molecule has 2 aromatic heterocycles. The van der Waals surface area contributed by atoms with Gasteiger partial charge in [-0.1, -0.05) is 84.0 Å². The second-order valence-corrected chi connectivity index (χ2v) is 9.24. The maximum atomic E-state index is 11.7. The average molecular weight is 489 g/mol. The van der Waals surface area contributed by atoms with Gasteiger partial charge < -0.3 is 14.9 Å². The van der Waals surface area contributed by atoms with Crippen LogP contribution in [0, 0.1) is 6.92 Å². The van der Waals surface area contributed by atoms with Crippen LogP contribution in [0.2, 0.25) is 0 Å². The highest BCUT2D eigenvalue weighted by molar-refractivity contribution is 5.89. The predicted octanol–water partition coefficient (Wildman–Crippen LogP) is 6.63. The molecule has 0 aliphatic heterocycles. The normalized spacial score (nSPS) is 13.8. The lowest BCUT2D eigenvalue weighted by Gasteiger charge is -2.13. The van der Waals surface area contributed by atoms with Crippen LogP contribution in [0.5, 0.6) is 0 Å². The highest BCUT2D eigenvalue weighted by Gasteiger charge is 2.51. The Morgan fingerprint density at radius 3 is 2.30 bits per heavy atom. The molecule has 3 aromatic carbocycles. The van der Waals surface area contributed by atoms with Crippen molar-refractivity contribution in [1.82, 2.24) is 15.1 Å². The minimum Gasteiger partial charge on any atom is -0.481 e. The fourth-order valence-corrected chi connectivity index (χ4v) is 4.65. The number of anilines is 2. The minimum atomic E-state index is -0.757. The lowest BCUT2D eigenvalue weighted by atomic mass is 9.92. The van der Waals surface area contributed by atoms with E-state index in [-0.39, 0.29) is 0 Å². The van der Waals surface area contributed by atoms with E-state index in [2.05, 4.69) is 20.4 Å². The molecule has 0 atom stereocenters. The Morgan fingerprint density at radius 2 is 1.59 bits per heavy atom. The SMILES string of the molecule is Cc1noc(-c2ccccc2-c2ccc(C3(C(=O)O)CC3)cc2)c1Nc1nccc(-c2ccccc2)n1. The zero-order valence-corrected chi connectivity index (χ0v) is 20.2. The third-order valence-corrected chi connectivity index (χ3v) is 6.90. The van der Waals surface area contributed by atoms with E-state index in [1.807, 2.05) is 91.9 Å². The summed E-state index contributed by atoms with van der Waals surface area (Å²) in [6.45, 7) is 1.87. The van der Waals surface area contributed by atoms with E-state index >= 15 is 0 Å². The van der Waals surface area contributed by atoms with E-state index in [1.54, 1.807) is 6.20 Å². The molecule has 0 radical (unpaired) electrons. The van der Waals surface area contributed by atoms with Crippen LogP contribution in [-0.4, -0.2) is 26.2 Å². The van der Waals surface area contributed by atoms with Gasteiger partial charge in [-0.2, -0.15) is 0 Å². The largest absolute Gasteiger partial charge is 0.481 e. The van der Waals surface area contributed by atoms with Crippen molar-refractivity contribution in [1.29, 1.82) is 0 Å². The highest BCUT2D eigenvalue weighted by atomic mass is 16.5. The first kappa shape index (κ1) is 22.7. The number of benzene rings is 3. The molecule has 0 unspecified atom stereocenters. The first-order valence-corrected chi connectivity index (χ1v) is 12.1. The molecule has 1 saturated carbocycles. The van der Waals surface area contributed by atoms with Crippen LogP contribution in [0.4, 0.5) is 11.6 Å². The average Bonchev–Trinajstić information content (AvgIpc) is 3.69. The van der Waals surface area contributed by atoms with Crippen molar-refractivity contribution < 1.29 is 14.4 Å². The molecule has 1 aliphatic carbocycles. The summed E-state index contributed by atoms with van der Waals surface area (Å²) in [4.78, 5) is 20.8. The lowest BCUT2D eigenvalue weighted by molar-refractivity contribution is -0.140. The molecular weight excluding hydrogens is 464 g/mol. The summed E-state index contributed by atoms with van der Waals surface area (Å²) in [5.74, 6) is 0.265. The third kappa shape index (κ3) is 4.14. The Hall–Kier alpha value is -4.78. The van der Waals surface area contributed by atoms with E-state index in [0.29, 0.717) is 35.9 Å². The zero-order chi connectivity index (χ0) is 25.4. The lowest BCUT2D eigenvalue weighted by Crippen LogP contribution is -2.19. The van der Waals surface area contributed by atoms with E-state index < -0.39 is 11.4 Å². The fraction of sp³-hybridized carbons (Fsp3) is 0.133. The number of aliphatic carboxylic acids is 1. The number of nitrogens with zero attached hydrogens (tertiary/aromatic N) is 3. The van der Waals surface area contributed by atoms with Gasteiger partial charge in [-0.05, 0) is 42.5 Å². The molecule has 0 saturated heterocycles. The van der Waals surface area contributed by atoms with Gasteiger partial charge in [0.25, 0.3) is 0 Å². The molecule has 7 heteroatoms. The van der Waals surface area contributed by atoms with Gasteiger partial charge in [-0.3, -0.25) is 4.79 Å². The van der Waals surface area contributed by atoms with Gasteiger partial charge in [0.05, 0.1) is 11.1 Å². The van der Waals surface area contributed by atoms with Crippen LogP contribution >= 0.6 is 0 Å². The van der Waals surface area contributed by atoms with E-state index in [0.717, 1.165) is 33.5 Å². The number of aryl methyl sites for hydroxylation is 1. The molecule has 1 fully saturated rings. The summed E-state index contributed by atoms with van der Waals surface area (Å²) < 4.78 is 5.80. The van der Waals surface area contributed by atoms with Crippen LogP contribution in [0.1, 0.15) is 24.1 Å². The Morgan fingerprint density at radius 1 is 0.892 bits per heavy atom. The fourth-order valence-electron chi connectivity index (χ4n) is 4.65. The number of carboxylic acids is 1. The molecule has 182 valence electrons. The highest BCUT2D eigenvalue weighted by Crippen LogP contribution is 2.49. The summed E-state index contributed by atoms with van der Waals surface area (Å²) >= 11 is 0. The second kappa shape index (κ2) is 9.02. The van der Waals surface area contributed by atoms with Gasteiger partial charge in [0.1, 0.15) is 11.4 Å². The number of carbonyl (C=O) groups is 1. The van der Waals surface area contributed by atoms with E-state index in [9.17, 15) is 9.90 Å². The molecule has 1 aliphatic rings. The molecule has 2 N–H and O–H groups in total. The number of rotatable bonds is 7. The van der Waals surface area contributed by atoms with Crippen LogP contribution in [0.15, 0.2) is 95.6 Å². The van der Waals surface area contributed by atoms with E-state index in [4.69, 9.17) is 4.52 Å². The minimum absolute atomic E-state index is 0.444. The van der Waals surface area contributed by atoms with Gasteiger partial charge in [0.2, 0.25) is 5.95 Å². The zero-order valence-electron chi connectivity index (χ0n) is 20.2. The maximum absolute atomic E-state index is 11.7. The number of carboxylic acid groups (broad SMARTS) is 1. The van der Waals surface area contributed by atoms with Gasteiger partial charge in [-0.15, -0.1) is 0 Å². The summed E-state index contributed by atoms with van der Waals surface area (Å²) in [7, 11) is 0. The van der Waals surface area contributed by atoms with Crippen molar-refractivity contribution in [2.24, 2.45) is 0 Å². The number of hydrogen-bond donors (Lipinski definition) is 2. The Bertz CT molecular complexity index is 1590.